The summed E-state index contributed by atoms with van der Waals surface area (Å²) in [5.74, 6) is -0.872. The zero-order valence-electron chi connectivity index (χ0n) is 8.18. The van der Waals surface area contributed by atoms with Crippen molar-refractivity contribution in [3.05, 3.63) is 34.9 Å². The molecule has 1 unspecified atom stereocenters. The zero-order chi connectivity index (χ0) is 10.7. The van der Waals surface area contributed by atoms with Gasteiger partial charge in [-0.25, -0.2) is 4.39 Å². The lowest BCUT2D eigenvalue weighted by Crippen LogP contribution is -2.09. The summed E-state index contributed by atoms with van der Waals surface area (Å²) in [5, 5.41) is 0. The van der Waals surface area contributed by atoms with Gasteiger partial charge in [-0.05, 0) is 30.5 Å². The van der Waals surface area contributed by atoms with Crippen molar-refractivity contribution in [2.24, 2.45) is 0 Å². The Labute approximate surface area is 87.9 Å². The quantitative estimate of drug-likeness (QED) is 0.707. The first kappa shape index (κ1) is 11.2. The fourth-order valence-electron chi connectivity index (χ4n) is 1.18. The maximum absolute atomic E-state index is 13.4. The summed E-state index contributed by atoms with van der Waals surface area (Å²) in [6.45, 7) is 3.83. The molecule has 0 saturated carbocycles. The van der Waals surface area contributed by atoms with Gasteiger partial charge in [0.25, 0.3) is 0 Å². The van der Waals surface area contributed by atoms with E-state index in [1.165, 1.54) is 0 Å². The summed E-state index contributed by atoms with van der Waals surface area (Å²) < 4.78 is 13.4. The van der Waals surface area contributed by atoms with Crippen LogP contribution in [-0.4, -0.2) is 11.7 Å². The number of ketones is 1. The van der Waals surface area contributed by atoms with Gasteiger partial charge in [0.2, 0.25) is 0 Å². The summed E-state index contributed by atoms with van der Waals surface area (Å²) in [7, 11) is 0. The van der Waals surface area contributed by atoms with Crippen molar-refractivity contribution in [2.45, 2.75) is 20.0 Å². The lowest BCUT2D eigenvalue weighted by atomic mass is 10.0. The van der Waals surface area contributed by atoms with Crippen LogP contribution in [0.1, 0.15) is 22.9 Å². The molecule has 0 aromatic heterocycles. The predicted molar refractivity (Wildman–Crippen MR) is 55.5 cm³/mol. The molecular formula is C11H12ClFO. The zero-order valence-corrected chi connectivity index (χ0v) is 8.94. The summed E-state index contributed by atoms with van der Waals surface area (Å²) in [5.41, 5.74) is 2.45. The standard InChI is InChI=1S/C11H12ClFO/c1-7-3-4-9(5-8(7)2)11(13)10(14)6-12/h3-5,11H,6H2,1-2H3. The maximum Gasteiger partial charge on any atom is 0.186 e. The molecule has 0 aliphatic rings. The number of halogens is 2. The number of carbonyl (C=O) groups is 1. The largest absolute Gasteiger partial charge is 0.295 e. The normalized spacial score (nSPS) is 12.6. The third-order valence-corrected chi connectivity index (χ3v) is 2.50. The van der Waals surface area contributed by atoms with Crippen LogP contribution in [0.5, 0.6) is 0 Å². The summed E-state index contributed by atoms with van der Waals surface area (Å²) in [6.07, 6.45) is -1.59. The Bertz CT molecular complexity index is 349. The van der Waals surface area contributed by atoms with Crippen LogP contribution in [0.2, 0.25) is 0 Å². The molecule has 3 heteroatoms. The topological polar surface area (TPSA) is 17.1 Å². The number of carbonyl (C=O) groups excluding carboxylic acids is 1. The van der Waals surface area contributed by atoms with Gasteiger partial charge in [0.05, 0.1) is 5.88 Å². The summed E-state index contributed by atoms with van der Waals surface area (Å²) >= 11 is 5.28. The number of Topliss-reactive ketones (excluding diaryl/α,β-unsaturated/α-hetero) is 1. The van der Waals surface area contributed by atoms with Gasteiger partial charge in [0.15, 0.2) is 12.0 Å². The van der Waals surface area contributed by atoms with Crippen LogP contribution in [0, 0.1) is 13.8 Å². The molecule has 1 aromatic carbocycles. The molecule has 1 aromatic rings. The van der Waals surface area contributed by atoms with Crippen LogP contribution in [0.25, 0.3) is 0 Å². The average molecular weight is 215 g/mol. The van der Waals surface area contributed by atoms with Gasteiger partial charge >= 0.3 is 0 Å². The van der Waals surface area contributed by atoms with Gasteiger partial charge in [-0.1, -0.05) is 18.2 Å². The highest BCUT2D eigenvalue weighted by molar-refractivity contribution is 6.28. The second kappa shape index (κ2) is 4.56. The number of rotatable bonds is 3. The van der Waals surface area contributed by atoms with Crippen molar-refractivity contribution >= 4 is 17.4 Å². The van der Waals surface area contributed by atoms with Gasteiger partial charge in [0.1, 0.15) is 0 Å². The molecule has 14 heavy (non-hydrogen) atoms. The van der Waals surface area contributed by atoms with Crippen molar-refractivity contribution in [2.75, 3.05) is 5.88 Å². The minimum atomic E-state index is -1.59. The van der Waals surface area contributed by atoms with E-state index in [1.807, 2.05) is 13.8 Å². The van der Waals surface area contributed by atoms with E-state index in [1.54, 1.807) is 18.2 Å². The molecule has 1 atom stereocenters. The molecule has 0 aliphatic heterocycles. The molecule has 0 aliphatic carbocycles. The molecule has 0 saturated heterocycles. The Kier molecular flexibility index (Phi) is 3.64. The first-order valence-corrected chi connectivity index (χ1v) is 4.89. The van der Waals surface area contributed by atoms with Gasteiger partial charge in [-0.2, -0.15) is 0 Å². The number of benzene rings is 1. The maximum atomic E-state index is 13.4. The van der Waals surface area contributed by atoms with Crippen LogP contribution in [0.15, 0.2) is 18.2 Å². The SMILES string of the molecule is Cc1ccc(C(F)C(=O)CCl)cc1C. The van der Waals surface area contributed by atoms with Crippen molar-refractivity contribution < 1.29 is 9.18 Å². The van der Waals surface area contributed by atoms with Crippen LogP contribution in [-0.2, 0) is 4.79 Å². The molecule has 0 spiro atoms. The Morgan fingerprint density at radius 2 is 2.07 bits per heavy atom. The highest BCUT2D eigenvalue weighted by Crippen LogP contribution is 2.21. The fourth-order valence-corrected chi connectivity index (χ4v) is 1.31. The van der Waals surface area contributed by atoms with E-state index in [9.17, 15) is 9.18 Å². The smallest absolute Gasteiger partial charge is 0.186 e. The van der Waals surface area contributed by atoms with Gasteiger partial charge in [-0.3, -0.25) is 4.79 Å². The van der Waals surface area contributed by atoms with E-state index in [4.69, 9.17) is 11.6 Å². The Morgan fingerprint density at radius 3 is 2.57 bits per heavy atom. The molecule has 0 fully saturated rings. The molecule has 0 heterocycles. The van der Waals surface area contributed by atoms with E-state index >= 15 is 0 Å². The van der Waals surface area contributed by atoms with Crippen molar-refractivity contribution in [1.29, 1.82) is 0 Å². The first-order chi connectivity index (χ1) is 6.56. The fraction of sp³-hybridized carbons (Fsp3) is 0.364. The molecular weight excluding hydrogens is 203 g/mol. The lowest BCUT2D eigenvalue weighted by molar-refractivity contribution is -0.121. The number of hydrogen-bond donors (Lipinski definition) is 0. The van der Waals surface area contributed by atoms with Gasteiger partial charge in [0, 0.05) is 0 Å². The third-order valence-electron chi connectivity index (χ3n) is 2.24. The lowest BCUT2D eigenvalue weighted by Gasteiger charge is -2.08. The van der Waals surface area contributed by atoms with E-state index in [0.717, 1.165) is 11.1 Å². The minimum Gasteiger partial charge on any atom is -0.295 e. The Morgan fingerprint density at radius 1 is 1.43 bits per heavy atom. The molecule has 0 bridgehead atoms. The van der Waals surface area contributed by atoms with Gasteiger partial charge in [-0.15, -0.1) is 11.6 Å². The highest BCUT2D eigenvalue weighted by Gasteiger charge is 2.18. The number of alkyl halides is 2. The molecule has 0 N–H and O–H groups in total. The van der Waals surface area contributed by atoms with Crippen molar-refractivity contribution in [1.82, 2.24) is 0 Å². The highest BCUT2D eigenvalue weighted by atomic mass is 35.5. The van der Waals surface area contributed by atoms with Crippen molar-refractivity contribution in [3.8, 4) is 0 Å². The van der Waals surface area contributed by atoms with E-state index < -0.39 is 12.0 Å². The monoisotopic (exact) mass is 214 g/mol. The van der Waals surface area contributed by atoms with E-state index in [0.29, 0.717) is 5.56 Å². The molecule has 1 nitrogen and oxygen atoms in total. The molecule has 76 valence electrons. The second-order valence-corrected chi connectivity index (χ2v) is 3.57. The second-order valence-electron chi connectivity index (χ2n) is 3.31. The Hall–Kier alpha value is -0.890. The van der Waals surface area contributed by atoms with Crippen LogP contribution >= 0.6 is 11.6 Å². The van der Waals surface area contributed by atoms with Gasteiger partial charge < -0.3 is 0 Å². The Balaban J connectivity index is 2.96. The van der Waals surface area contributed by atoms with Crippen molar-refractivity contribution in [3.63, 3.8) is 0 Å². The molecule has 0 amide bonds. The minimum absolute atomic E-state index is 0.284. The van der Waals surface area contributed by atoms with Crippen LogP contribution in [0.4, 0.5) is 4.39 Å². The number of hydrogen-bond acceptors (Lipinski definition) is 1. The number of aryl methyl sites for hydroxylation is 2. The summed E-state index contributed by atoms with van der Waals surface area (Å²) in [6, 6.07) is 5.11. The van der Waals surface area contributed by atoms with Crippen LogP contribution < -0.4 is 0 Å². The molecule has 1 rings (SSSR count). The first-order valence-electron chi connectivity index (χ1n) is 4.36. The van der Waals surface area contributed by atoms with E-state index in [-0.39, 0.29) is 5.88 Å². The van der Waals surface area contributed by atoms with E-state index in [2.05, 4.69) is 0 Å². The summed E-state index contributed by atoms with van der Waals surface area (Å²) in [4.78, 5) is 11.0. The third kappa shape index (κ3) is 2.32. The van der Waals surface area contributed by atoms with Crippen LogP contribution in [0.3, 0.4) is 0 Å². The predicted octanol–water partition coefficient (Wildman–Crippen LogP) is 3.12. The molecule has 0 radical (unpaired) electrons. The average Bonchev–Trinajstić information content (AvgIpc) is 2.20.